The van der Waals surface area contributed by atoms with Crippen LogP contribution in [0.15, 0.2) is 29.6 Å². The molecule has 6 heteroatoms. The molecule has 2 aromatic rings. The molecule has 1 unspecified atom stereocenters. The second kappa shape index (κ2) is 7.29. The van der Waals surface area contributed by atoms with E-state index in [9.17, 15) is 4.79 Å². The van der Waals surface area contributed by atoms with E-state index in [1.54, 1.807) is 20.3 Å². The Labute approximate surface area is 157 Å². The molecule has 0 radical (unpaired) electrons. The summed E-state index contributed by atoms with van der Waals surface area (Å²) >= 11 is 1.87. The van der Waals surface area contributed by atoms with Crippen molar-refractivity contribution in [3.05, 3.63) is 40.1 Å². The van der Waals surface area contributed by atoms with E-state index in [4.69, 9.17) is 9.47 Å². The van der Waals surface area contributed by atoms with Gasteiger partial charge in [0.2, 0.25) is 0 Å². The van der Waals surface area contributed by atoms with Gasteiger partial charge in [0, 0.05) is 34.5 Å². The van der Waals surface area contributed by atoms with E-state index in [0.29, 0.717) is 24.1 Å². The van der Waals surface area contributed by atoms with Crippen molar-refractivity contribution in [2.45, 2.75) is 25.3 Å². The summed E-state index contributed by atoms with van der Waals surface area (Å²) in [5.74, 6) is 2.07. The number of amides is 1. The molecule has 1 amide bonds. The van der Waals surface area contributed by atoms with Gasteiger partial charge in [0.25, 0.3) is 5.91 Å². The summed E-state index contributed by atoms with van der Waals surface area (Å²) in [7, 11) is 3.20. The Morgan fingerprint density at radius 1 is 1.23 bits per heavy atom. The number of hydrogen-bond acceptors (Lipinski definition) is 4. The van der Waals surface area contributed by atoms with Crippen molar-refractivity contribution in [2.24, 2.45) is 5.92 Å². The lowest BCUT2D eigenvalue weighted by Gasteiger charge is -2.32. The maximum atomic E-state index is 12.7. The predicted molar refractivity (Wildman–Crippen MR) is 102 cm³/mol. The zero-order valence-electron chi connectivity index (χ0n) is 15.2. The van der Waals surface area contributed by atoms with Gasteiger partial charge in [-0.1, -0.05) is 0 Å². The van der Waals surface area contributed by atoms with Crippen LogP contribution in [0.5, 0.6) is 11.5 Å². The normalized spacial score (nSPS) is 21.8. The fraction of sp³-hybridized carbons (Fsp3) is 0.450. The zero-order valence-corrected chi connectivity index (χ0v) is 16.0. The van der Waals surface area contributed by atoms with Crippen LogP contribution in [0.1, 0.15) is 29.3 Å². The van der Waals surface area contributed by atoms with E-state index in [1.807, 2.05) is 23.5 Å². The standard InChI is InChI=1S/C20H24N2O3S/c1-24-16-6-5-14(11-17(16)25-2)21-19(23)12-22-9-7-18-15(8-10-26-18)20(22)13-3-4-13/h5-6,8,10-11,13,20H,3-4,7,9,12H2,1-2H3,(H,21,23)/p+1/t20-/m1/s1. The van der Waals surface area contributed by atoms with Gasteiger partial charge in [-0.05, 0) is 36.4 Å². The quantitative estimate of drug-likeness (QED) is 0.817. The molecule has 5 nitrogen and oxygen atoms in total. The van der Waals surface area contributed by atoms with Gasteiger partial charge in [-0.15, -0.1) is 11.3 Å². The largest absolute Gasteiger partial charge is 0.493 e. The number of carbonyl (C=O) groups is 1. The van der Waals surface area contributed by atoms with Crippen LogP contribution in [-0.2, 0) is 11.2 Å². The number of carbonyl (C=O) groups excluding carboxylic acids is 1. The summed E-state index contributed by atoms with van der Waals surface area (Å²) in [4.78, 5) is 15.6. The first kappa shape index (κ1) is 17.4. The van der Waals surface area contributed by atoms with E-state index >= 15 is 0 Å². The molecule has 1 aliphatic heterocycles. The summed E-state index contributed by atoms with van der Waals surface area (Å²) < 4.78 is 10.6. The molecule has 1 aromatic carbocycles. The Morgan fingerprint density at radius 2 is 2.04 bits per heavy atom. The summed E-state index contributed by atoms with van der Waals surface area (Å²) in [6.45, 7) is 1.54. The molecule has 0 saturated heterocycles. The maximum Gasteiger partial charge on any atom is 0.279 e. The third-order valence-corrected chi connectivity index (χ3v) is 6.37. The van der Waals surface area contributed by atoms with Crippen molar-refractivity contribution < 1.29 is 19.2 Å². The van der Waals surface area contributed by atoms with Gasteiger partial charge >= 0.3 is 0 Å². The van der Waals surface area contributed by atoms with Gasteiger partial charge in [-0.3, -0.25) is 4.79 Å². The molecular formula is C20H25N2O3S+. The highest BCUT2D eigenvalue weighted by Gasteiger charge is 2.43. The second-order valence-electron chi connectivity index (χ2n) is 7.07. The number of ether oxygens (including phenoxy) is 2. The summed E-state index contributed by atoms with van der Waals surface area (Å²) in [6, 6.07) is 8.22. The summed E-state index contributed by atoms with van der Waals surface area (Å²) in [5.41, 5.74) is 2.22. The molecule has 138 valence electrons. The number of methoxy groups -OCH3 is 2. The molecular weight excluding hydrogens is 348 g/mol. The van der Waals surface area contributed by atoms with Gasteiger partial charge in [0.1, 0.15) is 6.04 Å². The van der Waals surface area contributed by atoms with Crippen LogP contribution in [0.4, 0.5) is 5.69 Å². The lowest BCUT2D eigenvalue weighted by Crippen LogP contribution is -3.14. The molecule has 26 heavy (non-hydrogen) atoms. The maximum absolute atomic E-state index is 12.7. The van der Waals surface area contributed by atoms with Crippen LogP contribution >= 0.6 is 11.3 Å². The van der Waals surface area contributed by atoms with Gasteiger partial charge in [-0.25, -0.2) is 0 Å². The molecule has 2 heterocycles. The summed E-state index contributed by atoms with van der Waals surface area (Å²) in [5, 5.41) is 5.22. The van der Waals surface area contributed by atoms with Gasteiger partial charge < -0.3 is 19.7 Å². The van der Waals surface area contributed by atoms with Crippen LogP contribution in [0.25, 0.3) is 0 Å². The van der Waals surface area contributed by atoms with E-state index in [0.717, 1.165) is 24.6 Å². The minimum Gasteiger partial charge on any atom is -0.493 e. The Balaban J connectivity index is 1.45. The molecule has 4 rings (SSSR count). The molecule has 1 fully saturated rings. The molecule has 2 N–H and O–H groups in total. The first-order valence-corrected chi connectivity index (χ1v) is 10.00. The third-order valence-electron chi connectivity index (χ3n) is 5.38. The Kier molecular flexibility index (Phi) is 4.87. The van der Waals surface area contributed by atoms with E-state index < -0.39 is 0 Å². The Morgan fingerprint density at radius 3 is 2.77 bits per heavy atom. The van der Waals surface area contributed by atoms with Crippen molar-refractivity contribution in [1.29, 1.82) is 0 Å². The number of thiophene rings is 1. The highest BCUT2D eigenvalue weighted by Crippen LogP contribution is 2.42. The first-order valence-electron chi connectivity index (χ1n) is 9.12. The van der Waals surface area contributed by atoms with E-state index in [2.05, 4.69) is 16.8 Å². The van der Waals surface area contributed by atoms with Crippen molar-refractivity contribution >= 4 is 22.9 Å². The average Bonchev–Trinajstić information content (AvgIpc) is 3.37. The molecule has 1 saturated carbocycles. The Bertz CT molecular complexity index is 800. The topological polar surface area (TPSA) is 52.0 Å². The average molecular weight is 373 g/mol. The predicted octanol–water partition coefficient (Wildman–Crippen LogP) is 2.30. The highest BCUT2D eigenvalue weighted by molar-refractivity contribution is 7.10. The van der Waals surface area contributed by atoms with Gasteiger partial charge in [0.05, 0.1) is 20.8 Å². The number of hydrogen-bond donors (Lipinski definition) is 2. The minimum absolute atomic E-state index is 0.0524. The molecule has 2 aliphatic rings. The van der Waals surface area contributed by atoms with Crippen LogP contribution in [0.2, 0.25) is 0 Å². The van der Waals surface area contributed by atoms with E-state index in [1.165, 1.54) is 28.2 Å². The number of nitrogens with one attached hydrogen (secondary N) is 2. The molecule has 1 aromatic heterocycles. The van der Waals surface area contributed by atoms with Crippen LogP contribution in [-0.4, -0.2) is 33.2 Å². The molecule has 2 atom stereocenters. The van der Waals surface area contributed by atoms with Crippen molar-refractivity contribution in [2.75, 3.05) is 32.6 Å². The molecule has 1 aliphatic carbocycles. The van der Waals surface area contributed by atoms with Crippen LogP contribution in [0, 0.1) is 5.92 Å². The number of anilines is 1. The number of benzene rings is 1. The molecule has 0 spiro atoms. The van der Waals surface area contributed by atoms with Crippen molar-refractivity contribution in [3.8, 4) is 11.5 Å². The van der Waals surface area contributed by atoms with Crippen LogP contribution in [0.3, 0.4) is 0 Å². The lowest BCUT2D eigenvalue weighted by atomic mass is 9.96. The number of quaternary nitrogens is 1. The lowest BCUT2D eigenvalue weighted by molar-refractivity contribution is -0.928. The highest BCUT2D eigenvalue weighted by atomic mass is 32.1. The number of fused-ring (bicyclic) bond motifs is 1. The first-order chi connectivity index (χ1) is 12.7. The zero-order chi connectivity index (χ0) is 18.1. The molecule has 0 bridgehead atoms. The monoisotopic (exact) mass is 373 g/mol. The van der Waals surface area contributed by atoms with Crippen molar-refractivity contribution in [3.63, 3.8) is 0 Å². The van der Waals surface area contributed by atoms with Crippen molar-refractivity contribution in [1.82, 2.24) is 0 Å². The second-order valence-corrected chi connectivity index (χ2v) is 8.07. The van der Waals surface area contributed by atoms with Gasteiger partial charge in [0.15, 0.2) is 18.0 Å². The number of rotatable bonds is 6. The Hall–Kier alpha value is -2.05. The van der Waals surface area contributed by atoms with E-state index in [-0.39, 0.29) is 5.91 Å². The summed E-state index contributed by atoms with van der Waals surface area (Å²) in [6.07, 6.45) is 3.66. The van der Waals surface area contributed by atoms with Gasteiger partial charge in [-0.2, -0.15) is 0 Å². The minimum atomic E-state index is 0.0524. The SMILES string of the molecule is COc1ccc(NC(=O)C[NH+]2CCc3sccc3[C@H]2C2CC2)cc1OC. The smallest absolute Gasteiger partial charge is 0.279 e. The third kappa shape index (κ3) is 3.44. The van der Waals surface area contributed by atoms with Crippen LogP contribution < -0.4 is 19.7 Å². The fourth-order valence-corrected chi connectivity index (χ4v) is 4.95. The fourth-order valence-electron chi connectivity index (χ4n) is 4.02.